The molecule has 5 nitrogen and oxygen atoms in total. The number of nitrogens with zero attached hydrogens (tertiary/aromatic N) is 1. The lowest BCUT2D eigenvalue weighted by Crippen LogP contribution is -1.97. The minimum absolute atomic E-state index is 0.120. The van der Waals surface area contributed by atoms with Crippen LogP contribution >= 0.6 is 31.9 Å². The van der Waals surface area contributed by atoms with E-state index < -0.39 is 5.97 Å². The predicted molar refractivity (Wildman–Crippen MR) is 88.1 cm³/mol. The number of aromatic hydroxyl groups is 1. The number of carbonyl (C=O) groups is 1. The van der Waals surface area contributed by atoms with Crippen LogP contribution in [0.1, 0.15) is 15.9 Å². The highest BCUT2D eigenvalue weighted by Crippen LogP contribution is 2.32. The Labute approximate surface area is 137 Å². The average Bonchev–Trinajstić information content (AvgIpc) is 2.45. The Kier molecular flexibility index (Phi) is 4.98. The van der Waals surface area contributed by atoms with Crippen molar-refractivity contribution >= 4 is 49.7 Å². The van der Waals surface area contributed by atoms with E-state index in [1.807, 2.05) is 0 Å². The van der Waals surface area contributed by atoms with Crippen LogP contribution < -0.4 is 5.43 Å². The van der Waals surface area contributed by atoms with Gasteiger partial charge in [0.1, 0.15) is 5.75 Å². The first-order chi connectivity index (χ1) is 9.97. The lowest BCUT2D eigenvalue weighted by Gasteiger charge is -2.03. The van der Waals surface area contributed by atoms with Crippen LogP contribution in [0, 0.1) is 0 Å². The van der Waals surface area contributed by atoms with Gasteiger partial charge < -0.3 is 10.2 Å². The Morgan fingerprint density at radius 3 is 2.48 bits per heavy atom. The third-order valence-electron chi connectivity index (χ3n) is 2.56. The zero-order valence-corrected chi connectivity index (χ0v) is 13.7. The van der Waals surface area contributed by atoms with Gasteiger partial charge in [0, 0.05) is 0 Å². The van der Waals surface area contributed by atoms with E-state index in [4.69, 9.17) is 5.11 Å². The molecule has 2 rings (SSSR count). The monoisotopic (exact) mass is 412 g/mol. The summed E-state index contributed by atoms with van der Waals surface area (Å²) in [6, 6.07) is 9.76. The molecule has 0 amide bonds. The number of aromatic carboxylic acids is 1. The van der Waals surface area contributed by atoms with Crippen molar-refractivity contribution in [3.05, 3.63) is 56.5 Å². The lowest BCUT2D eigenvalue weighted by atomic mass is 10.2. The van der Waals surface area contributed by atoms with Gasteiger partial charge >= 0.3 is 5.97 Å². The van der Waals surface area contributed by atoms with Crippen molar-refractivity contribution < 1.29 is 15.0 Å². The number of anilines is 1. The number of nitrogens with one attached hydrogen (secondary N) is 1. The summed E-state index contributed by atoms with van der Waals surface area (Å²) in [5.41, 5.74) is 4.27. The van der Waals surface area contributed by atoms with Gasteiger partial charge in [-0.1, -0.05) is 6.07 Å². The van der Waals surface area contributed by atoms with Gasteiger partial charge in [-0.2, -0.15) is 5.10 Å². The average molecular weight is 414 g/mol. The van der Waals surface area contributed by atoms with Gasteiger partial charge in [-0.25, -0.2) is 4.79 Å². The summed E-state index contributed by atoms with van der Waals surface area (Å²) < 4.78 is 1.09. The van der Waals surface area contributed by atoms with Gasteiger partial charge in [0.25, 0.3) is 0 Å². The van der Waals surface area contributed by atoms with Crippen LogP contribution in [-0.2, 0) is 0 Å². The standard InChI is InChI=1S/C14H10Br2N2O3/c15-11-4-8(5-12(16)13(11)19)7-17-18-10-3-1-2-9(6-10)14(20)21/h1-7,18-19H,(H,20,21)/b17-7+. The van der Waals surface area contributed by atoms with Crippen molar-refractivity contribution in [1.82, 2.24) is 0 Å². The number of carboxylic acid groups (broad SMARTS) is 1. The number of carboxylic acids is 1. The second kappa shape index (κ2) is 6.73. The fourth-order valence-corrected chi connectivity index (χ4v) is 2.78. The summed E-state index contributed by atoms with van der Waals surface area (Å²) in [5.74, 6) is -0.872. The van der Waals surface area contributed by atoms with Crippen molar-refractivity contribution in [2.45, 2.75) is 0 Å². The molecular weight excluding hydrogens is 404 g/mol. The minimum Gasteiger partial charge on any atom is -0.506 e. The van der Waals surface area contributed by atoms with E-state index in [2.05, 4.69) is 42.4 Å². The zero-order chi connectivity index (χ0) is 15.4. The Morgan fingerprint density at radius 1 is 1.19 bits per heavy atom. The topological polar surface area (TPSA) is 81.9 Å². The molecule has 2 aromatic rings. The van der Waals surface area contributed by atoms with Crippen LogP contribution in [0.4, 0.5) is 5.69 Å². The Balaban J connectivity index is 2.12. The first-order valence-corrected chi connectivity index (χ1v) is 7.36. The van der Waals surface area contributed by atoms with Gasteiger partial charge in [0.2, 0.25) is 0 Å². The fourth-order valence-electron chi connectivity index (χ4n) is 1.56. The maximum absolute atomic E-state index is 10.9. The van der Waals surface area contributed by atoms with Crippen molar-refractivity contribution in [3.63, 3.8) is 0 Å². The molecule has 0 fully saturated rings. The maximum atomic E-state index is 10.9. The molecule has 0 atom stereocenters. The molecule has 0 heterocycles. The molecule has 0 aliphatic heterocycles. The van der Waals surface area contributed by atoms with E-state index >= 15 is 0 Å². The van der Waals surface area contributed by atoms with E-state index in [0.717, 1.165) is 5.56 Å². The first-order valence-electron chi connectivity index (χ1n) is 5.78. The molecule has 0 unspecified atom stereocenters. The van der Waals surface area contributed by atoms with Crippen LogP contribution in [0.3, 0.4) is 0 Å². The molecule has 7 heteroatoms. The SMILES string of the molecule is O=C(O)c1cccc(N/N=C/c2cc(Br)c(O)c(Br)c2)c1. The lowest BCUT2D eigenvalue weighted by molar-refractivity contribution is 0.0697. The third kappa shape index (κ3) is 4.05. The van der Waals surface area contributed by atoms with Crippen LogP contribution in [0.15, 0.2) is 50.4 Å². The van der Waals surface area contributed by atoms with Crippen molar-refractivity contribution in [3.8, 4) is 5.75 Å². The van der Waals surface area contributed by atoms with E-state index in [-0.39, 0.29) is 11.3 Å². The number of hydrogen-bond donors (Lipinski definition) is 3. The summed E-state index contributed by atoms with van der Waals surface area (Å²) in [7, 11) is 0. The second-order valence-corrected chi connectivity index (χ2v) is 5.80. The van der Waals surface area contributed by atoms with Crippen LogP contribution in [0.25, 0.3) is 0 Å². The molecule has 0 spiro atoms. The van der Waals surface area contributed by atoms with Gasteiger partial charge in [-0.3, -0.25) is 5.43 Å². The summed E-state index contributed by atoms with van der Waals surface area (Å²) in [6.45, 7) is 0. The zero-order valence-electron chi connectivity index (χ0n) is 10.5. The molecule has 21 heavy (non-hydrogen) atoms. The van der Waals surface area contributed by atoms with Crippen molar-refractivity contribution in [2.75, 3.05) is 5.43 Å². The first kappa shape index (κ1) is 15.5. The summed E-state index contributed by atoms with van der Waals surface area (Å²) in [4.78, 5) is 10.9. The highest BCUT2D eigenvalue weighted by atomic mass is 79.9. The molecule has 0 saturated carbocycles. The molecule has 108 valence electrons. The maximum Gasteiger partial charge on any atom is 0.335 e. The third-order valence-corrected chi connectivity index (χ3v) is 3.76. The van der Waals surface area contributed by atoms with Crippen molar-refractivity contribution in [2.24, 2.45) is 5.10 Å². The number of hydrazone groups is 1. The molecule has 2 aromatic carbocycles. The van der Waals surface area contributed by atoms with Crippen molar-refractivity contribution in [1.29, 1.82) is 0 Å². The molecular formula is C14H10Br2N2O3. The Hall–Kier alpha value is -1.86. The predicted octanol–water partition coefficient (Wildman–Crippen LogP) is 4.06. The van der Waals surface area contributed by atoms with E-state index in [1.165, 1.54) is 12.1 Å². The van der Waals surface area contributed by atoms with E-state index in [0.29, 0.717) is 14.6 Å². The number of phenolic OH excluding ortho intramolecular Hbond substituents is 1. The highest BCUT2D eigenvalue weighted by Gasteiger charge is 2.05. The molecule has 0 radical (unpaired) electrons. The van der Waals surface area contributed by atoms with Gasteiger partial charge in [-0.05, 0) is 67.8 Å². The van der Waals surface area contributed by atoms with Gasteiger partial charge in [-0.15, -0.1) is 0 Å². The van der Waals surface area contributed by atoms with E-state index in [9.17, 15) is 9.90 Å². The fraction of sp³-hybridized carbons (Fsp3) is 0. The summed E-state index contributed by atoms with van der Waals surface area (Å²) in [6.07, 6.45) is 1.56. The summed E-state index contributed by atoms with van der Waals surface area (Å²) in [5, 5.41) is 22.5. The molecule has 0 saturated heterocycles. The number of benzene rings is 2. The molecule has 0 bridgehead atoms. The number of rotatable bonds is 4. The highest BCUT2D eigenvalue weighted by molar-refractivity contribution is 9.11. The molecule has 0 aliphatic rings. The Bertz CT molecular complexity index is 694. The molecule has 0 aromatic heterocycles. The quantitative estimate of drug-likeness (QED) is 0.521. The van der Waals surface area contributed by atoms with Crippen LogP contribution in [0.5, 0.6) is 5.75 Å². The number of halogens is 2. The smallest absolute Gasteiger partial charge is 0.335 e. The number of hydrogen-bond acceptors (Lipinski definition) is 4. The number of phenols is 1. The Morgan fingerprint density at radius 2 is 1.86 bits per heavy atom. The van der Waals surface area contributed by atoms with E-state index in [1.54, 1.807) is 30.5 Å². The normalized spacial score (nSPS) is 10.8. The molecule has 0 aliphatic carbocycles. The van der Waals surface area contributed by atoms with Gasteiger partial charge in [0.15, 0.2) is 0 Å². The second-order valence-electron chi connectivity index (χ2n) is 4.09. The van der Waals surface area contributed by atoms with Crippen LogP contribution in [0.2, 0.25) is 0 Å². The minimum atomic E-state index is -0.992. The summed E-state index contributed by atoms with van der Waals surface area (Å²) >= 11 is 6.46. The van der Waals surface area contributed by atoms with Gasteiger partial charge in [0.05, 0.1) is 26.4 Å². The largest absolute Gasteiger partial charge is 0.506 e. The molecule has 3 N–H and O–H groups in total. The van der Waals surface area contributed by atoms with Crippen LogP contribution in [-0.4, -0.2) is 22.4 Å².